The molecule has 7 heteroatoms. The maximum absolute atomic E-state index is 13.2. The zero-order valence-electron chi connectivity index (χ0n) is 20.2. The van der Waals surface area contributed by atoms with E-state index in [1.165, 1.54) is 6.42 Å². The molecule has 1 aliphatic carbocycles. The van der Waals surface area contributed by atoms with E-state index in [0.29, 0.717) is 22.6 Å². The highest BCUT2D eigenvalue weighted by molar-refractivity contribution is 6.09. The van der Waals surface area contributed by atoms with Gasteiger partial charge in [-0.05, 0) is 55.2 Å². The molecular weight excluding hydrogens is 430 g/mol. The predicted octanol–water partition coefficient (Wildman–Crippen LogP) is 4.54. The van der Waals surface area contributed by atoms with Crippen LogP contribution in [0.1, 0.15) is 73.1 Å². The van der Waals surface area contributed by atoms with E-state index in [2.05, 4.69) is 16.0 Å². The monoisotopic (exact) mass is 465 g/mol. The standard InChI is InChI=1S/C27H35N3O4/c1-4-18(2)24(27(33)28-20-10-6-5-7-11-20)30-26(32)22-12-8-9-13-23(22)29-25(31)19-14-16-21(34-3)17-15-19/h8-9,12-18,20,24H,4-7,10-11H2,1-3H3,(H,28,33)(H,29,31)(H,30,32)/t18-,24-/m0/s1. The maximum atomic E-state index is 13.2. The van der Waals surface area contributed by atoms with E-state index in [1.807, 2.05) is 13.8 Å². The molecule has 182 valence electrons. The van der Waals surface area contributed by atoms with Gasteiger partial charge >= 0.3 is 0 Å². The van der Waals surface area contributed by atoms with Crippen molar-refractivity contribution in [2.75, 3.05) is 12.4 Å². The molecule has 0 saturated heterocycles. The van der Waals surface area contributed by atoms with Crippen LogP contribution < -0.4 is 20.7 Å². The molecule has 34 heavy (non-hydrogen) atoms. The lowest BCUT2D eigenvalue weighted by Crippen LogP contribution is -2.52. The van der Waals surface area contributed by atoms with Crippen molar-refractivity contribution in [2.45, 2.75) is 64.5 Å². The Morgan fingerprint density at radius 1 is 0.971 bits per heavy atom. The molecule has 0 spiro atoms. The van der Waals surface area contributed by atoms with Gasteiger partial charge in [-0.15, -0.1) is 0 Å². The number of carbonyl (C=O) groups excluding carboxylic acids is 3. The molecular formula is C27H35N3O4. The molecule has 2 atom stereocenters. The lowest BCUT2D eigenvalue weighted by atomic mass is 9.93. The molecule has 2 aromatic carbocycles. The lowest BCUT2D eigenvalue weighted by molar-refractivity contribution is -0.125. The van der Waals surface area contributed by atoms with Crippen LogP contribution in [0.2, 0.25) is 0 Å². The lowest BCUT2D eigenvalue weighted by Gasteiger charge is -2.28. The summed E-state index contributed by atoms with van der Waals surface area (Å²) in [5.74, 6) is -0.256. The summed E-state index contributed by atoms with van der Waals surface area (Å²) in [5.41, 5.74) is 1.14. The minimum absolute atomic E-state index is 0.0337. The van der Waals surface area contributed by atoms with Crippen molar-refractivity contribution in [1.29, 1.82) is 0 Å². The number of nitrogens with one attached hydrogen (secondary N) is 3. The van der Waals surface area contributed by atoms with Gasteiger partial charge in [0.25, 0.3) is 11.8 Å². The zero-order chi connectivity index (χ0) is 24.5. The third-order valence-electron chi connectivity index (χ3n) is 6.51. The summed E-state index contributed by atoms with van der Waals surface area (Å²) in [4.78, 5) is 39.1. The first kappa shape index (κ1) is 25.3. The third-order valence-corrected chi connectivity index (χ3v) is 6.51. The minimum Gasteiger partial charge on any atom is -0.497 e. The molecule has 0 unspecified atom stereocenters. The van der Waals surface area contributed by atoms with Crippen molar-refractivity contribution in [3.8, 4) is 5.75 Å². The molecule has 0 bridgehead atoms. The van der Waals surface area contributed by atoms with Crippen molar-refractivity contribution >= 4 is 23.4 Å². The normalized spacial score (nSPS) is 15.6. The SMILES string of the molecule is CC[C@H](C)[C@H](NC(=O)c1ccccc1NC(=O)c1ccc(OC)cc1)C(=O)NC1CCCCC1. The molecule has 1 saturated carbocycles. The van der Waals surface area contributed by atoms with Crippen molar-refractivity contribution in [3.63, 3.8) is 0 Å². The molecule has 1 aliphatic rings. The Morgan fingerprint density at radius 3 is 2.29 bits per heavy atom. The van der Waals surface area contributed by atoms with Crippen LogP contribution in [0.25, 0.3) is 0 Å². The average Bonchev–Trinajstić information content (AvgIpc) is 2.87. The second kappa shape index (κ2) is 12.2. The number of anilines is 1. The third kappa shape index (κ3) is 6.59. The Morgan fingerprint density at radius 2 is 1.65 bits per heavy atom. The fraction of sp³-hybridized carbons (Fsp3) is 0.444. The summed E-state index contributed by atoms with van der Waals surface area (Å²) >= 11 is 0. The number of ether oxygens (including phenoxy) is 1. The number of benzene rings is 2. The average molecular weight is 466 g/mol. The van der Waals surface area contributed by atoms with Crippen molar-refractivity contribution in [1.82, 2.24) is 10.6 Å². The fourth-order valence-electron chi connectivity index (χ4n) is 4.19. The highest BCUT2D eigenvalue weighted by Gasteiger charge is 2.29. The van der Waals surface area contributed by atoms with Gasteiger partial charge in [0, 0.05) is 11.6 Å². The zero-order valence-corrected chi connectivity index (χ0v) is 20.2. The molecule has 0 aromatic heterocycles. The Balaban J connectivity index is 1.73. The maximum Gasteiger partial charge on any atom is 0.255 e. The van der Waals surface area contributed by atoms with Crippen LogP contribution in [0.15, 0.2) is 48.5 Å². The van der Waals surface area contributed by atoms with Crippen molar-refractivity contribution in [2.24, 2.45) is 5.92 Å². The number of hydrogen-bond donors (Lipinski definition) is 3. The second-order valence-corrected chi connectivity index (χ2v) is 8.91. The molecule has 3 rings (SSSR count). The largest absolute Gasteiger partial charge is 0.497 e. The summed E-state index contributed by atoms with van der Waals surface area (Å²) in [7, 11) is 1.56. The van der Waals surface area contributed by atoms with Crippen LogP contribution in [0, 0.1) is 5.92 Å². The van der Waals surface area contributed by atoms with Gasteiger partial charge in [-0.2, -0.15) is 0 Å². The van der Waals surface area contributed by atoms with E-state index in [9.17, 15) is 14.4 Å². The summed E-state index contributed by atoms with van der Waals surface area (Å²) in [5, 5.41) is 8.87. The predicted molar refractivity (Wildman–Crippen MR) is 133 cm³/mol. The molecule has 1 fully saturated rings. The molecule has 2 aromatic rings. The molecule has 3 amide bonds. The number of amides is 3. The van der Waals surface area contributed by atoms with Gasteiger partial charge in [0.2, 0.25) is 5.91 Å². The fourth-order valence-corrected chi connectivity index (χ4v) is 4.19. The number of carbonyl (C=O) groups is 3. The smallest absolute Gasteiger partial charge is 0.255 e. The van der Waals surface area contributed by atoms with Crippen LogP contribution in [0.3, 0.4) is 0 Å². The number of hydrogen-bond acceptors (Lipinski definition) is 4. The first-order valence-electron chi connectivity index (χ1n) is 12.1. The number of rotatable bonds is 9. The summed E-state index contributed by atoms with van der Waals surface area (Å²) < 4.78 is 5.13. The van der Waals surface area contributed by atoms with E-state index in [0.717, 1.165) is 32.1 Å². The summed E-state index contributed by atoms with van der Waals surface area (Å²) in [6.07, 6.45) is 6.15. The molecule has 0 aliphatic heterocycles. The second-order valence-electron chi connectivity index (χ2n) is 8.91. The number of methoxy groups -OCH3 is 1. The Labute approximate surface area is 201 Å². The van der Waals surface area contributed by atoms with Gasteiger partial charge < -0.3 is 20.7 Å². The van der Waals surface area contributed by atoms with Gasteiger partial charge in [-0.25, -0.2) is 0 Å². The van der Waals surface area contributed by atoms with Crippen molar-refractivity contribution < 1.29 is 19.1 Å². The highest BCUT2D eigenvalue weighted by Crippen LogP contribution is 2.20. The van der Waals surface area contributed by atoms with Crippen LogP contribution in [0.4, 0.5) is 5.69 Å². The van der Waals surface area contributed by atoms with Crippen LogP contribution in [-0.2, 0) is 4.79 Å². The van der Waals surface area contributed by atoms with Gasteiger partial charge in [-0.3, -0.25) is 14.4 Å². The topological polar surface area (TPSA) is 96.5 Å². The van der Waals surface area contributed by atoms with E-state index in [1.54, 1.807) is 55.6 Å². The Hall–Kier alpha value is -3.35. The Kier molecular flexibility index (Phi) is 9.08. The van der Waals surface area contributed by atoms with Crippen LogP contribution in [-0.4, -0.2) is 36.9 Å². The Bertz CT molecular complexity index is 984. The van der Waals surface area contributed by atoms with Gasteiger partial charge in [0.05, 0.1) is 18.4 Å². The van der Waals surface area contributed by atoms with Gasteiger partial charge in [0.1, 0.15) is 11.8 Å². The first-order valence-corrected chi connectivity index (χ1v) is 12.1. The van der Waals surface area contributed by atoms with Crippen LogP contribution >= 0.6 is 0 Å². The highest BCUT2D eigenvalue weighted by atomic mass is 16.5. The molecule has 0 heterocycles. The van der Waals surface area contributed by atoms with E-state index in [-0.39, 0.29) is 23.8 Å². The first-order chi connectivity index (χ1) is 16.4. The molecule has 7 nitrogen and oxygen atoms in total. The van der Waals surface area contributed by atoms with E-state index < -0.39 is 11.9 Å². The minimum atomic E-state index is -0.648. The molecule has 0 radical (unpaired) electrons. The summed E-state index contributed by atoms with van der Waals surface area (Å²) in [6.45, 7) is 3.96. The van der Waals surface area contributed by atoms with E-state index in [4.69, 9.17) is 4.74 Å². The van der Waals surface area contributed by atoms with Gasteiger partial charge in [0.15, 0.2) is 0 Å². The summed E-state index contributed by atoms with van der Waals surface area (Å²) in [6, 6.07) is 13.1. The van der Waals surface area contributed by atoms with Crippen molar-refractivity contribution in [3.05, 3.63) is 59.7 Å². The van der Waals surface area contributed by atoms with E-state index >= 15 is 0 Å². The molecule has 3 N–H and O–H groups in total. The quantitative estimate of drug-likeness (QED) is 0.507. The van der Waals surface area contributed by atoms with Crippen LogP contribution in [0.5, 0.6) is 5.75 Å². The van der Waals surface area contributed by atoms with Gasteiger partial charge in [-0.1, -0.05) is 51.7 Å². The number of para-hydroxylation sites is 1.